The Labute approximate surface area is 233 Å². The van der Waals surface area contributed by atoms with Gasteiger partial charge >= 0.3 is 0 Å². The van der Waals surface area contributed by atoms with Gasteiger partial charge < -0.3 is 0 Å². The maximum absolute atomic E-state index is 13.7. The number of hydroxylamine groups is 1. The summed E-state index contributed by atoms with van der Waals surface area (Å²) in [5.74, 6) is -1.03. The highest BCUT2D eigenvalue weighted by atomic mass is 32.2. The summed E-state index contributed by atoms with van der Waals surface area (Å²) in [6.07, 6.45) is 0. The molecule has 1 amide bonds. The first-order chi connectivity index (χ1) is 19.2. The molecule has 206 valence electrons. The average molecular weight is 578 g/mol. The van der Waals surface area contributed by atoms with E-state index in [9.17, 15) is 26.8 Å². The largest absolute Gasteiger partial charge is 0.289 e. The number of piperazine rings is 1. The summed E-state index contributed by atoms with van der Waals surface area (Å²) in [6.45, 7) is -0.917. The van der Waals surface area contributed by atoms with E-state index in [4.69, 9.17) is 0 Å². The minimum Gasteiger partial charge on any atom is -0.289 e. The van der Waals surface area contributed by atoms with E-state index in [1.807, 2.05) is 60.7 Å². The molecule has 4 aromatic carbocycles. The standard InChI is InChI=1S/C29H27N3O6S2/c33-29(30-34)28-21-31(39(35,36)26-16-14-24(15-17-26)22-8-3-1-4-9-22)18-19-32(28)40(37,38)27-13-7-12-25(20-27)23-10-5-2-6-11-23/h1-17,20,28,34H,18-19,21H2,(H,30,33). The average Bonchev–Trinajstić information content (AvgIpc) is 3.01. The number of sulfonamides is 2. The van der Waals surface area contributed by atoms with Crippen molar-refractivity contribution in [3.63, 3.8) is 0 Å². The molecule has 1 fully saturated rings. The van der Waals surface area contributed by atoms with Crippen LogP contribution in [0.3, 0.4) is 0 Å². The van der Waals surface area contributed by atoms with Crippen LogP contribution >= 0.6 is 0 Å². The van der Waals surface area contributed by atoms with Crippen molar-refractivity contribution in [1.29, 1.82) is 0 Å². The zero-order valence-electron chi connectivity index (χ0n) is 21.3. The predicted molar refractivity (Wildman–Crippen MR) is 150 cm³/mol. The fourth-order valence-electron chi connectivity index (χ4n) is 4.74. The molecule has 0 bridgehead atoms. The summed E-state index contributed by atoms with van der Waals surface area (Å²) >= 11 is 0. The molecule has 4 aromatic rings. The Balaban J connectivity index is 1.41. The Bertz CT molecular complexity index is 1710. The van der Waals surface area contributed by atoms with Gasteiger partial charge in [-0.05, 0) is 46.5 Å². The number of benzene rings is 4. The summed E-state index contributed by atoms with van der Waals surface area (Å²) in [5, 5.41) is 9.39. The second kappa shape index (κ2) is 11.3. The summed E-state index contributed by atoms with van der Waals surface area (Å²) in [6, 6.07) is 29.9. The molecule has 11 heteroatoms. The molecule has 5 rings (SSSR count). The van der Waals surface area contributed by atoms with Crippen LogP contribution in [0.25, 0.3) is 22.3 Å². The van der Waals surface area contributed by atoms with Crippen LogP contribution in [0.5, 0.6) is 0 Å². The summed E-state index contributed by atoms with van der Waals surface area (Å²) in [4.78, 5) is 12.6. The summed E-state index contributed by atoms with van der Waals surface area (Å²) < 4.78 is 56.4. The third kappa shape index (κ3) is 5.42. The molecule has 1 aliphatic heterocycles. The molecule has 1 atom stereocenters. The second-order valence-electron chi connectivity index (χ2n) is 9.25. The van der Waals surface area contributed by atoms with Crippen molar-refractivity contribution in [1.82, 2.24) is 14.1 Å². The van der Waals surface area contributed by atoms with E-state index in [-0.39, 0.29) is 22.9 Å². The zero-order valence-corrected chi connectivity index (χ0v) is 22.9. The Hall–Kier alpha value is -3.87. The maximum atomic E-state index is 13.7. The molecule has 1 aliphatic rings. The van der Waals surface area contributed by atoms with Crippen LogP contribution < -0.4 is 5.48 Å². The van der Waals surface area contributed by atoms with E-state index in [0.717, 1.165) is 25.3 Å². The van der Waals surface area contributed by atoms with E-state index in [1.54, 1.807) is 24.3 Å². The van der Waals surface area contributed by atoms with Gasteiger partial charge in [-0.2, -0.15) is 8.61 Å². The van der Waals surface area contributed by atoms with Gasteiger partial charge in [0.15, 0.2) is 0 Å². The molecule has 1 heterocycles. The second-order valence-corrected chi connectivity index (χ2v) is 13.1. The molecule has 0 saturated carbocycles. The van der Waals surface area contributed by atoms with Crippen molar-refractivity contribution in [3.05, 3.63) is 109 Å². The predicted octanol–water partition coefficient (Wildman–Crippen LogP) is 3.59. The monoisotopic (exact) mass is 577 g/mol. The fraction of sp³-hybridized carbons (Fsp3) is 0.138. The minimum atomic E-state index is -4.23. The Morgan fingerprint density at radius 3 is 1.80 bits per heavy atom. The zero-order chi connectivity index (χ0) is 28.3. The van der Waals surface area contributed by atoms with Crippen molar-refractivity contribution in [2.45, 2.75) is 15.8 Å². The van der Waals surface area contributed by atoms with E-state index in [1.165, 1.54) is 29.7 Å². The van der Waals surface area contributed by atoms with Crippen molar-refractivity contribution < 1.29 is 26.8 Å². The number of rotatable bonds is 7. The number of hydrogen-bond acceptors (Lipinski definition) is 6. The lowest BCUT2D eigenvalue weighted by molar-refractivity contribution is -0.134. The Morgan fingerprint density at radius 2 is 1.20 bits per heavy atom. The van der Waals surface area contributed by atoms with E-state index >= 15 is 0 Å². The van der Waals surface area contributed by atoms with Crippen LogP contribution in [0.2, 0.25) is 0 Å². The molecule has 0 spiro atoms. The van der Waals surface area contributed by atoms with Gasteiger partial charge in [-0.1, -0.05) is 84.9 Å². The van der Waals surface area contributed by atoms with Crippen molar-refractivity contribution in [2.75, 3.05) is 19.6 Å². The summed E-state index contributed by atoms with van der Waals surface area (Å²) in [7, 11) is -8.29. The molecule has 0 radical (unpaired) electrons. The van der Waals surface area contributed by atoms with Crippen LogP contribution in [-0.2, 0) is 24.8 Å². The quantitative estimate of drug-likeness (QED) is 0.256. The first-order valence-electron chi connectivity index (χ1n) is 12.5. The van der Waals surface area contributed by atoms with Gasteiger partial charge in [0, 0.05) is 19.6 Å². The van der Waals surface area contributed by atoms with Gasteiger partial charge in [0.2, 0.25) is 20.0 Å². The van der Waals surface area contributed by atoms with Gasteiger partial charge in [0.1, 0.15) is 6.04 Å². The summed E-state index contributed by atoms with van der Waals surface area (Å²) in [5.41, 5.74) is 4.76. The molecule has 2 N–H and O–H groups in total. The molecule has 9 nitrogen and oxygen atoms in total. The highest BCUT2D eigenvalue weighted by Crippen LogP contribution is 2.29. The van der Waals surface area contributed by atoms with E-state index in [0.29, 0.717) is 5.56 Å². The van der Waals surface area contributed by atoms with E-state index in [2.05, 4.69) is 0 Å². The minimum absolute atomic E-state index is 0.0159. The van der Waals surface area contributed by atoms with Crippen LogP contribution in [0.4, 0.5) is 0 Å². The topological polar surface area (TPSA) is 124 Å². The number of nitrogens with one attached hydrogen (secondary N) is 1. The highest BCUT2D eigenvalue weighted by Gasteiger charge is 2.43. The Morgan fingerprint density at radius 1 is 0.650 bits per heavy atom. The number of nitrogens with zero attached hydrogens (tertiary/aromatic N) is 2. The molecular weight excluding hydrogens is 550 g/mol. The Kier molecular flexibility index (Phi) is 7.83. The first kappa shape index (κ1) is 27.7. The van der Waals surface area contributed by atoms with Crippen LogP contribution in [0.1, 0.15) is 0 Å². The smallest absolute Gasteiger partial charge is 0.263 e. The molecule has 40 heavy (non-hydrogen) atoms. The first-order valence-corrected chi connectivity index (χ1v) is 15.4. The number of carbonyl (C=O) groups is 1. The van der Waals surface area contributed by atoms with Crippen molar-refractivity contribution in [3.8, 4) is 22.3 Å². The van der Waals surface area contributed by atoms with Gasteiger partial charge in [-0.15, -0.1) is 0 Å². The molecular formula is C29H27N3O6S2. The van der Waals surface area contributed by atoms with Crippen LogP contribution in [-0.4, -0.2) is 62.2 Å². The van der Waals surface area contributed by atoms with Crippen LogP contribution in [0, 0.1) is 0 Å². The lowest BCUT2D eigenvalue weighted by Crippen LogP contribution is -2.61. The highest BCUT2D eigenvalue weighted by molar-refractivity contribution is 7.89. The normalized spacial score (nSPS) is 16.9. The van der Waals surface area contributed by atoms with Gasteiger partial charge in [0.05, 0.1) is 9.79 Å². The number of hydrogen-bond donors (Lipinski definition) is 2. The third-order valence-electron chi connectivity index (χ3n) is 6.85. The van der Waals surface area contributed by atoms with Crippen molar-refractivity contribution >= 4 is 26.0 Å². The lowest BCUT2D eigenvalue weighted by Gasteiger charge is -2.38. The van der Waals surface area contributed by atoms with Gasteiger partial charge in [-0.3, -0.25) is 10.0 Å². The lowest BCUT2D eigenvalue weighted by atomic mass is 10.1. The molecule has 1 saturated heterocycles. The molecule has 0 aliphatic carbocycles. The third-order valence-corrected chi connectivity index (χ3v) is 10.6. The van der Waals surface area contributed by atoms with Crippen LogP contribution in [0.15, 0.2) is 119 Å². The maximum Gasteiger partial charge on any atom is 0.263 e. The molecule has 1 unspecified atom stereocenters. The van der Waals surface area contributed by atoms with Gasteiger partial charge in [-0.25, -0.2) is 22.3 Å². The fourth-order valence-corrected chi connectivity index (χ4v) is 7.79. The van der Waals surface area contributed by atoms with E-state index < -0.39 is 38.5 Å². The van der Waals surface area contributed by atoms with Gasteiger partial charge in [0.25, 0.3) is 5.91 Å². The number of carbonyl (C=O) groups excluding carboxylic acids is 1. The van der Waals surface area contributed by atoms with Crippen molar-refractivity contribution in [2.24, 2.45) is 0 Å². The molecule has 0 aromatic heterocycles. The number of amides is 1. The SMILES string of the molecule is O=C(NO)C1CN(S(=O)(=O)c2ccc(-c3ccccc3)cc2)CCN1S(=O)(=O)c1cccc(-c2ccccc2)c1.